The van der Waals surface area contributed by atoms with Crippen molar-refractivity contribution in [2.75, 3.05) is 19.6 Å². The molecule has 1 heterocycles. The van der Waals surface area contributed by atoms with Crippen molar-refractivity contribution in [2.45, 2.75) is 6.04 Å². The van der Waals surface area contributed by atoms with Gasteiger partial charge in [-0.05, 0) is 0 Å². The van der Waals surface area contributed by atoms with Crippen LogP contribution in [0.2, 0.25) is 0 Å². The summed E-state index contributed by atoms with van der Waals surface area (Å²) >= 11 is 0. The molecule has 7 heteroatoms. The first-order valence-corrected chi connectivity index (χ1v) is 4.15. The lowest BCUT2D eigenvalue weighted by molar-refractivity contribution is -0.128. The van der Waals surface area contributed by atoms with Gasteiger partial charge in [-0.2, -0.15) is 0 Å². The normalized spacial score (nSPS) is 21.1. The maximum atomic E-state index is 11.3. The summed E-state index contributed by atoms with van der Waals surface area (Å²) in [7, 11) is 0. The van der Waals surface area contributed by atoms with E-state index in [0.717, 1.165) is 0 Å². The van der Waals surface area contributed by atoms with Gasteiger partial charge < -0.3 is 16.4 Å². The molecule has 0 aliphatic carbocycles. The van der Waals surface area contributed by atoms with Crippen LogP contribution in [0.15, 0.2) is 0 Å². The van der Waals surface area contributed by atoms with Crippen LogP contribution >= 0.6 is 0 Å². The van der Waals surface area contributed by atoms with Crippen molar-refractivity contribution in [3.8, 4) is 0 Å². The van der Waals surface area contributed by atoms with Gasteiger partial charge in [0.1, 0.15) is 6.04 Å². The first kappa shape index (κ1) is 10.5. The van der Waals surface area contributed by atoms with Crippen LogP contribution in [0.3, 0.4) is 0 Å². The van der Waals surface area contributed by atoms with E-state index in [1.54, 1.807) is 0 Å². The van der Waals surface area contributed by atoms with Crippen LogP contribution in [-0.4, -0.2) is 43.4 Å². The third-order valence-corrected chi connectivity index (χ3v) is 1.77. The van der Waals surface area contributed by atoms with Gasteiger partial charge in [0.05, 0.1) is 13.1 Å². The Labute approximate surface area is 80.4 Å². The summed E-state index contributed by atoms with van der Waals surface area (Å²) in [5, 5.41) is 7.58. The Bertz CT molecular complexity index is 256. The highest BCUT2D eigenvalue weighted by molar-refractivity contribution is 5.89. The molecule has 0 aromatic heterocycles. The summed E-state index contributed by atoms with van der Waals surface area (Å²) in [6, 6.07) is -0.493. The molecule has 14 heavy (non-hydrogen) atoms. The summed E-state index contributed by atoms with van der Waals surface area (Å²) in [6.45, 7) is 0.142. The smallest absolute Gasteiger partial charge is 0.239 e. The van der Waals surface area contributed by atoms with Gasteiger partial charge in [-0.1, -0.05) is 0 Å². The van der Waals surface area contributed by atoms with Crippen LogP contribution in [0, 0.1) is 0 Å². The van der Waals surface area contributed by atoms with Crippen molar-refractivity contribution in [1.82, 2.24) is 16.0 Å². The highest BCUT2D eigenvalue weighted by Crippen LogP contribution is 1.87. The molecular formula is C7H12N4O3. The van der Waals surface area contributed by atoms with Crippen LogP contribution in [0.4, 0.5) is 0 Å². The van der Waals surface area contributed by atoms with Crippen LogP contribution < -0.4 is 21.7 Å². The molecule has 5 N–H and O–H groups in total. The van der Waals surface area contributed by atoms with Crippen molar-refractivity contribution < 1.29 is 14.4 Å². The lowest BCUT2D eigenvalue weighted by Crippen LogP contribution is -2.58. The number of piperazine rings is 1. The zero-order valence-corrected chi connectivity index (χ0v) is 7.50. The Morgan fingerprint density at radius 3 is 2.79 bits per heavy atom. The van der Waals surface area contributed by atoms with Gasteiger partial charge in [-0.25, -0.2) is 0 Å². The van der Waals surface area contributed by atoms with E-state index in [1.807, 2.05) is 0 Å². The lowest BCUT2D eigenvalue weighted by Gasteiger charge is -2.22. The van der Waals surface area contributed by atoms with Crippen LogP contribution in [0.25, 0.3) is 0 Å². The van der Waals surface area contributed by atoms with E-state index in [9.17, 15) is 14.4 Å². The fourth-order valence-electron chi connectivity index (χ4n) is 1.05. The van der Waals surface area contributed by atoms with E-state index in [-0.39, 0.29) is 31.4 Å². The van der Waals surface area contributed by atoms with Gasteiger partial charge in [0.2, 0.25) is 17.7 Å². The van der Waals surface area contributed by atoms with Crippen LogP contribution in [-0.2, 0) is 14.4 Å². The topological polar surface area (TPSA) is 113 Å². The lowest BCUT2D eigenvalue weighted by atomic mass is 10.2. The summed E-state index contributed by atoms with van der Waals surface area (Å²) in [5.74, 6) is -1.09. The highest BCUT2D eigenvalue weighted by Gasteiger charge is 2.23. The minimum atomic E-state index is -0.599. The second-order valence-corrected chi connectivity index (χ2v) is 2.92. The number of nitrogens with one attached hydrogen (secondary N) is 3. The fraction of sp³-hybridized carbons (Fsp3) is 0.571. The molecule has 0 bridgehead atoms. The highest BCUT2D eigenvalue weighted by atomic mass is 16.2. The zero-order valence-electron chi connectivity index (χ0n) is 7.50. The molecule has 1 saturated heterocycles. The first-order valence-electron chi connectivity index (χ1n) is 4.15. The number of hydrogen-bond acceptors (Lipinski definition) is 4. The third-order valence-electron chi connectivity index (χ3n) is 1.77. The molecule has 0 saturated carbocycles. The predicted molar refractivity (Wildman–Crippen MR) is 47.0 cm³/mol. The largest absolute Gasteiger partial charge is 0.368 e. The van der Waals surface area contributed by atoms with Gasteiger partial charge in [0.15, 0.2) is 0 Å². The molecule has 0 aromatic carbocycles. The molecule has 1 atom stereocenters. The number of hydrogen-bond donors (Lipinski definition) is 4. The van der Waals surface area contributed by atoms with E-state index in [2.05, 4.69) is 16.0 Å². The number of primary amides is 1. The Hall–Kier alpha value is -1.63. The van der Waals surface area contributed by atoms with E-state index in [1.165, 1.54) is 0 Å². The van der Waals surface area contributed by atoms with Crippen molar-refractivity contribution >= 4 is 17.7 Å². The minimum absolute atomic E-state index is 0.106. The van der Waals surface area contributed by atoms with E-state index >= 15 is 0 Å². The van der Waals surface area contributed by atoms with Gasteiger partial charge in [-0.3, -0.25) is 19.7 Å². The second-order valence-electron chi connectivity index (χ2n) is 2.92. The Kier molecular flexibility index (Phi) is 3.41. The molecule has 0 radical (unpaired) electrons. The predicted octanol–water partition coefficient (Wildman–Crippen LogP) is -3.32. The van der Waals surface area contributed by atoms with Crippen molar-refractivity contribution in [1.29, 1.82) is 0 Å². The van der Waals surface area contributed by atoms with E-state index in [4.69, 9.17) is 5.73 Å². The molecular weight excluding hydrogens is 188 g/mol. The summed E-state index contributed by atoms with van der Waals surface area (Å²) in [6.07, 6.45) is 0. The number of carbonyl (C=O) groups excluding carboxylic acids is 3. The second kappa shape index (κ2) is 4.56. The number of amides is 3. The number of rotatable bonds is 3. The van der Waals surface area contributed by atoms with Gasteiger partial charge in [-0.15, -0.1) is 0 Å². The minimum Gasteiger partial charge on any atom is -0.368 e. The quantitative estimate of drug-likeness (QED) is 0.381. The monoisotopic (exact) mass is 200 g/mol. The molecule has 1 rings (SSSR count). The molecule has 0 aromatic rings. The Balaban J connectivity index is 2.30. The SMILES string of the molecule is NC(=O)CNC(=O)C1CNC(=O)CN1. The summed E-state index contributed by atoms with van der Waals surface area (Å²) in [4.78, 5) is 32.4. The number of carbonyl (C=O) groups is 3. The molecule has 3 amide bonds. The van der Waals surface area contributed by atoms with E-state index in [0.29, 0.717) is 0 Å². The fourth-order valence-corrected chi connectivity index (χ4v) is 1.05. The van der Waals surface area contributed by atoms with Gasteiger partial charge >= 0.3 is 0 Å². The van der Waals surface area contributed by atoms with Crippen molar-refractivity contribution in [3.63, 3.8) is 0 Å². The Morgan fingerprint density at radius 2 is 2.29 bits per heavy atom. The molecule has 1 aliphatic rings. The maximum Gasteiger partial charge on any atom is 0.239 e. The van der Waals surface area contributed by atoms with Crippen molar-refractivity contribution in [2.24, 2.45) is 5.73 Å². The average molecular weight is 200 g/mol. The van der Waals surface area contributed by atoms with Crippen molar-refractivity contribution in [3.05, 3.63) is 0 Å². The van der Waals surface area contributed by atoms with Crippen LogP contribution in [0.1, 0.15) is 0 Å². The molecule has 1 fully saturated rings. The third kappa shape index (κ3) is 3.02. The molecule has 0 spiro atoms. The van der Waals surface area contributed by atoms with Crippen LogP contribution in [0.5, 0.6) is 0 Å². The van der Waals surface area contributed by atoms with Gasteiger partial charge in [0.25, 0.3) is 0 Å². The summed E-state index contributed by atoms with van der Waals surface area (Å²) in [5.41, 5.74) is 4.85. The molecule has 1 aliphatic heterocycles. The average Bonchev–Trinajstić information content (AvgIpc) is 2.15. The van der Waals surface area contributed by atoms with E-state index < -0.39 is 11.9 Å². The molecule has 78 valence electrons. The standard InChI is InChI=1S/C7H12N4O3/c8-5(12)2-11-7(14)4-1-10-6(13)3-9-4/h4,9H,1-3H2,(H2,8,12)(H,10,13)(H,11,14). The Morgan fingerprint density at radius 1 is 1.57 bits per heavy atom. The number of nitrogens with two attached hydrogens (primary N) is 1. The van der Waals surface area contributed by atoms with Gasteiger partial charge in [0, 0.05) is 6.54 Å². The first-order chi connectivity index (χ1) is 6.59. The maximum absolute atomic E-state index is 11.3. The summed E-state index contributed by atoms with van der Waals surface area (Å²) < 4.78 is 0. The molecule has 7 nitrogen and oxygen atoms in total. The zero-order chi connectivity index (χ0) is 10.6. The molecule has 1 unspecified atom stereocenters.